The highest BCUT2D eigenvalue weighted by molar-refractivity contribution is 7.25. The van der Waals surface area contributed by atoms with E-state index < -0.39 is 0 Å². The van der Waals surface area contributed by atoms with Crippen LogP contribution < -0.4 is 4.90 Å². The van der Waals surface area contributed by atoms with Crippen LogP contribution in [0.25, 0.3) is 64.7 Å². The summed E-state index contributed by atoms with van der Waals surface area (Å²) in [6, 6.07) is 69.0. The lowest BCUT2D eigenvalue weighted by molar-refractivity contribution is 0.661. The van der Waals surface area contributed by atoms with Crippen molar-refractivity contribution in [3.63, 3.8) is 0 Å². The Morgan fingerprint density at radius 1 is 0.396 bits per heavy atom. The van der Waals surface area contributed by atoms with Crippen LogP contribution in [-0.4, -0.2) is 0 Å². The van der Waals surface area contributed by atoms with E-state index in [0.29, 0.717) is 0 Å². The van der Waals surface area contributed by atoms with Gasteiger partial charge < -0.3 is 4.90 Å². The highest BCUT2D eigenvalue weighted by Crippen LogP contribution is 2.56. The Hall–Kier alpha value is -6.22. The summed E-state index contributed by atoms with van der Waals surface area (Å²) in [7, 11) is 0. The fourth-order valence-corrected chi connectivity index (χ4v) is 9.80. The summed E-state index contributed by atoms with van der Waals surface area (Å²) in [4.78, 5) is 2.55. The molecule has 252 valence electrons. The minimum atomic E-state index is -0.259. The fourth-order valence-electron chi connectivity index (χ4n) is 8.66. The minimum Gasteiger partial charge on any atom is -0.309 e. The molecule has 0 radical (unpaired) electrons. The average molecular weight is 696 g/mol. The lowest BCUT2D eigenvalue weighted by atomic mass is 9.80. The molecule has 9 aromatic rings. The Labute approximate surface area is 315 Å². The first-order valence-corrected chi connectivity index (χ1v) is 19.2. The van der Waals surface area contributed by atoms with Crippen molar-refractivity contribution in [3.05, 3.63) is 199 Å². The smallest absolute Gasteiger partial charge is 0.0540 e. The Bertz CT molecular complexity index is 2810. The third kappa shape index (κ3) is 5.05. The van der Waals surface area contributed by atoms with E-state index in [-0.39, 0.29) is 5.41 Å². The predicted octanol–water partition coefficient (Wildman–Crippen LogP) is 14.8. The zero-order valence-electron chi connectivity index (χ0n) is 29.8. The predicted molar refractivity (Wildman–Crippen MR) is 228 cm³/mol. The van der Waals surface area contributed by atoms with Crippen molar-refractivity contribution in [3.8, 4) is 44.5 Å². The van der Waals surface area contributed by atoms with Crippen molar-refractivity contribution in [2.45, 2.75) is 19.3 Å². The van der Waals surface area contributed by atoms with Crippen LogP contribution in [0.1, 0.15) is 25.0 Å². The van der Waals surface area contributed by atoms with Crippen molar-refractivity contribution in [1.29, 1.82) is 0 Å². The van der Waals surface area contributed by atoms with E-state index in [1.54, 1.807) is 0 Å². The molecule has 10 rings (SSSR count). The quantitative estimate of drug-likeness (QED) is 0.167. The van der Waals surface area contributed by atoms with Crippen LogP contribution in [0.15, 0.2) is 188 Å². The van der Waals surface area contributed by atoms with Gasteiger partial charge in [0.15, 0.2) is 0 Å². The molecule has 1 aromatic heterocycles. The van der Waals surface area contributed by atoms with Gasteiger partial charge in [-0.3, -0.25) is 0 Å². The summed E-state index contributed by atoms with van der Waals surface area (Å²) in [5, 5.41) is 2.62. The number of nitrogens with zero attached hydrogens (tertiary/aromatic N) is 1. The number of hydrogen-bond acceptors (Lipinski definition) is 2. The van der Waals surface area contributed by atoms with Gasteiger partial charge in [0.2, 0.25) is 0 Å². The molecule has 1 aliphatic carbocycles. The third-order valence-corrected chi connectivity index (χ3v) is 12.2. The van der Waals surface area contributed by atoms with Crippen molar-refractivity contribution in [2.75, 3.05) is 4.90 Å². The fraction of sp³-hybridized carbons (Fsp3) is 0.0588. The number of anilines is 3. The molecule has 0 fully saturated rings. The topological polar surface area (TPSA) is 3.24 Å². The molecule has 0 atom stereocenters. The Kier molecular flexibility index (Phi) is 7.42. The SMILES string of the molecule is CC1(C)c2cc(-c3ccccc3)ccc2-c2cccc(N(c3ccccc3-c3ccccc3)c3ccccc3-c3cccc4sc5ccccc5c34)c21. The normalized spacial score (nSPS) is 12.9. The first-order chi connectivity index (χ1) is 26.1. The van der Waals surface area contributed by atoms with E-state index in [9.17, 15) is 0 Å². The molecule has 2 heteroatoms. The summed E-state index contributed by atoms with van der Waals surface area (Å²) in [5.74, 6) is 0. The number of hydrogen-bond donors (Lipinski definition) is 0. The van der Waals surface area contributed by atoms with Crippen molar-refractivity contribution < 1.29 is 0 Å². The molecule has 53 heavy (non-hydrogen) atoms. The number of thiophene rings is 1. The van der Waals surface area contributed by atoms with E-state index >= 15 is 0 Å². The molecule has 0 amide bonds. The van der Waals surface area contributed by atoms with Gasteiger partial charge in [-0.05, 0) is 80.9 Å². The van der Waals surface area contributed by atoms with Gasteiger partial charge in [-0.15, -0.1) is 11.3 Å². The van der Waals surface area contributed by atoms with Crippen LogP contribution in [0.3, 0.4) is 0 Å². The van der Waals surface area contributed by atoms with E-state index in [0.717, 1.165) is 11.4 Å². The Morgan fingerprint density at radius 2 is 0.962 bits per heavy atom. The maximum atomic E-state index is 2.55. The van der Waals surface area contributed by atoms with Gasteiger partial charge in [0, 0.05) is 36.7 Å². The highest BCUT2D eigenvalue weighted by Gasteiger charge is 2.39. The van der Waals surface area contributed by atoms with Gasteiger partial charge in [-0.25, -0.2) is 0 Å². The average Bonchev–Trinajstić information content (AvgIpc) is 3.71. The molecule has 0 unspecified atom stereocenters. The molecule has 0 aliphatic heterocycles. The van der Waals surface area contributed by atoms with Crippen LogP contribution in [0.2, 0.25) is 0 Å². The molecule has 0 N–H and O–H groups in total. The van der Waals surface area contributed by atoms with Gasteiger partial charge >= 0.3 is 0 Å². The number of para-hydroxylation sites is 2. The maximum Gasteiger partial charge on any atom is 0.0540 e. The minimum absolute atomic E-state index is 0.259. The summed E-state index contributed by atoms with van der Waals surface area (Å²) < 4.78 is 2.62. The van der Waals surface area contributed by atoms with Gasteiger partial charge in [0.25, 0.3) is 0 Å². The molecular formula is C51H37NS. The molecule has 0 saturated carbocycles. The number of fused-ring (bicyclic) bond motifs is 6. The van der Waals surface area contributed by atoms with Crippen LogP contribution in [-0.2, 0) is 5.41 Å². The molecule has 1 aliphatic rings. The van der Waals surface area contributed by atoms with E-state index in [2.05, 4.69) is 207 Å². The molecular weight excluding hydrogens is 659 g/mol. The monoisotopic (exact) mass is 695 g/mol. The van der Waals surface area contributed by atoms with E-state index in [1.807, 2.05) is 11.3 Å². The van der Waals surface area contributed by atoms with E-state index in [4.69, 9.17) is 0 Å². The second kappa shape index (κ2) is 12.5. The number of benzene rings is 8. The lowest BCUT2D eigenvalue weighted by Gasteiger charge is -2.34. The van der Waals surface area contributed by atoms with Crippen molar-refractivity contribution in [1.82, 2.24) is 0 Å². The second-order valence-electron chi connectivity index (χ2n) is 14.5. The largest absolute Gasteiger partial charge is 0.309 e. The second-order valence-corrected chi connectivity index (χ2v) is 15.5. The first kappa shape index (κ1) is 31.5. The maximum absolute atomic E-state index is 2.55. The third-order valence-electron chi connectivity index (χ3n) is 11.1. The standard InChI is InChI=1S/C51H37NS/c1-51(2)43-33-36(34-17-5-3-6-18-34)31-32-38(43)41-25-15-28-46(50(41)51)52(44-26-12-9-21-37(44)35-19-7-4-8-20-35)45-27-13-10-22-39(45)40-24-16-30-48-49(40)42-23-11-14-29-47(42)53-48/h3-33H,1-2H3. The van der Waals surface area contributed by atoms with Crippen molar-refractivity contribution in [2.24, 2.45) is 0 Å². The van der Waals surface area contributed by atoms with Gasteiger partial charge in [-0.1, -0.05) is 166 Å². The van der Waals surface area contributed by atoms with Gasteiger partial charge in [0.1, 0.15) is 0 Å². The molecule has 0 bridgehead atoms. The lowest BCUT2D eigenvalue weighted by Crippen LogP contribution is -2.21. The molecule has 1 nitrogen and oxygen atoms in total. The molecule has 0 saturated heterocycles. The van der Waals surface area contributed by atoms with E-state index in [1.165, 1.54) is 81.5 Å². The molecule has 0 spiro atoms. The number of rotatable bonds is 6. The molecule has 8 aromatic carbocycles. The summed E-state index contributed by atoms with van der Waals surface area (Å²) in [6.45, 7) is 4.81. The van der Waals surface area contributed by atoms with Crippen LogP contribution in [0, 0.1) is 0 Å². The highest BCUT2D eigenvalue weighted by atomic mass is 32.1. The van der Waals surface area contributed by atoms with Crippen molar-refractivity contribution >= 4 is 48.6 Å². The Morgan fingerprint density at radius 3 is 1.75 bits per heavy atom. The first-order valence-electron chi connectivity index (χ1n) is 18.4. The van der Waals surface area contributed by atoms with Crippen LogP contribution in [0.5, 0.6) is 0 Å². The van der Waals surface area contributed by atoms with Crippen LogP contribution >= 0.6 is 11.3 Å². The zero-order chi connectivity index (χ0) is 35.5. The zero-order valence-corrected chi connectivity index (χ0v) is 30.6. The van der Waals surface area contributed by atoms with Gasteiger partial charge in [0.05, 0.1) is 17.1 Å². The Balaban J connectivity index is 1.25. The van der Waals surface area contributed by atoms with Gasteiger partial charge in [-0.2, -0.15) is 0 Å². The molecule has 1 heterocycles. The summed E-state index contributed by atoms with van der Waals surface area (Å²) >= 11 is 1.87. The van der Waals surface area contributed by atoms with Crippen LogP contribution in [0.4, 0.5) is 17.1 Å². The summed E-state index contributed by atoms with van der Waals surface area (Å²) in [6.07, 6.45) is 0. The summed E-state index contributed by atoms with van der Waals surface area (Å²) in [5.41, 5.74) is 15.9.